The zero-order valence-electron chi connectivity index (χ0n) is 13.9. The average Bonchev–Trinajstić information content (AvgIpc) is 2.68. The number of fused-ring (bicyclic) bond motifs is 3. The molecular weight excluding hydrogens is 294 g/mol. The number of likely N-dealkylation sites (N-methyl/N-ethyl adjacent to an activating group) is 1. The van der Waals surface area contributed by atoms with Crippen LogP contribution in [0.4, 0.5) is 0 Å². The standard InChI is InChI=1S/C17H23N3O3/c1-11-7-15(21)14(10-18(11)2)17(23)20-8-12-5-4-6-13(9-20)19(3)16(12)22/h7,10,12-13H,4-6,8-9H2,1-3H3/t12-,13+/m1/s1. The lowest BCUT2D eigenvalue weighted by Crippen LogP contribution is -2.43. The van der Waals surface area contributed by atoms with Gasteiger partial charge in [0.25, 0.3) is 5.91 Å². The maximum absolute atomic E-state index is 12.9. The van der Waals surface area contributed by atoms with E-state index in [2.05, 4.69) is 0 Å². The number of aromatic nitrogens is 1. The summed E-state index contributed by atoms with van der Waals surface area (Å²) in [5, 5.41) is 0. The molecule has 2 fully saturated rings. The molecule has 2 atom stereocenters. The lowest BCUT2D eigenvalue weighted by atomic mass is 9.99. The second-order valence-electron chi connectivity index (χ2n) is 6.74. The molecule has 3 rings (SSSR count). The first-order chi connectivity index (χ1) is 10.9. The Morgan fingerprint density at radius 3 is 2.65 bits per heavy atom. The fourth-order valence-electron chi connectivity index (χ4n) is 3.59. The van der Waals surface area contributed by atoms with E-state index in [0.29, 0.717) is 13.1 Å². The fourth-order valence-corrected chi connectivity index (χ4v) is 3.59. The van der Waals surface area contributed by atoms with E-state index in [1.165, 1.54) is 6.07 Å². The third-order valence-corrected chi connectivity index (χ3v) is 5.21. The molecule has 1 aromatic heterocycles. The molecule has 0 aliphatic carbocycles. The summed E-state index contributed by atoms with van der Waals surface area (Å²) in [4.78, 5) is 41.0. The number of rotatable bonds is 1. The number of carbonyl (C=O) groups excluding carboxylic acids is 2. The van der Waals surface area contributed by atoms with Gasteiger partial charge in [-0.1, -0.05) is 6.42 Å². The van der Waals surface area contributed by atoms with Crippen LogP contribution in [0, 0.1) is 12.8 Å². The lowest BCUT2D eigenvalue weighted by Gasteiger charge is -2.29. The van der Waals surface area contributed by atoms with Gasteiger partial charge >= 0.3 is 0 Å². The third kappa shape index (κ3) is 2.78. The van der Waals surface area contributed by atoms with Crippen LogP contribution < -0.4 is 5.43 Å². The van der Waals surface area contributed by atoms with Gasteiger partial charge in [-0.2, -0.15) is 0 Å². The van der Waals surface area contributed by atoms with Crippen molar-refractivity contribution < 1.29 is 9.59 Å². The van der Waals surface area contributed by atoms with Gasteiger partial charge < -0.3 is 14.4 Å². The van der Waals surface area contributed by atoms with E-state index < -0.39 is 0 Å². The summed E-state index contributed by atoms with van der Waals surface area (Å²) in [6.07, 6.45) is 4.34. The van der Waals surface area contributed by atoms with Gasteiger partial charge in [0.05, 0.1) is 5.92 Å². The summed E-state index contributed by atoms with van der Waals surface area (Å²) in [5.74, 6) is -0.282. The second-order valence-corrected chi connectivity index (χ2v) is 6.74. The number of hydrogen-bond donors (Lipinski definition) is 0. The van der Waals surface area contributed by atoms with E-state index in [1.54, 1.807) is 20.6 Å². The Morgan fingerprint density at radius 1 is 1.17 bits per heavy atom. The molecule has 6 heteroatoms. The first-order valence-electron chi connectivity index (χ1n) is 8.11. The molecule has 3 heterocycles. The van der Waals surface area contributed by atoms with Crippen LogP contribution in [-0.2, 0) is 11.8 Å². The third-order valence-electron chi connectivity index (χ3n) is 5.21. The number of pyridine rings is 1. The smallest absolute Gasteiger partial charge is 0.259 e. The van der Waals surface area contributed by atoms with Gasteiger partial charge in [-0.15, -0.1) is 0 Å². The van der Waals surface area contributed by atoms with E-state index >= 15 is 0 Å². The molecule has 2 saturated heterocycles. The molecule has 2 bridgehead atoms. The highest BCUT2D eigenvalue weighted by atomic mass is 16.2. The molecule has 23 heavy (non-hydrogen) atoms. The van der Waals surface area contributed by atoms with Crippen molar-refractivity contribution in [2.75, 3.05) is 20.1 Å². The van der Waals surface area contributed by atoms with Crippen molar-refractivity contribution in [3.8, 4) is 0 Å². The topological polar surface area (TPSA) is 62.6 Å². The molecule has 2 aliphatic heterocycles. The van der Waals surface area contributed by atoms with E-state index in [9.17, 15) is 14.4 Å². The zero-order chi connectivity index (χ0) is 16.7. The van der Waals surface area contributed by atoms with Gasteiger partial charge in [0.2, 0.25) is 5.91 Å². The van der Waals surface area contributed by atoms with E-state index in [-0.39, 0.29) is 34.8 Å². The highest BCUT2D eigenvalue weighted by Crippen LogP contribution is 2.27. The van der Waals surface area contributed by atoms with Crippen molar-refractivity contribution in [3.05, 3.63) is 33.7 Å². The lowest BCUT2D eigenvalue weighted by molar-refractivity contribution is -0.134. The highest BCUT2D eigenvalue weighted by molar-refractivity contribution is 5.94. The van der Waals surface area contributed by atoms with Crippen LogP contribution >= 0.6 is 0 Å². The summed E-state index contributed by atoms with van der Waals surface area (Å²) in [6, 6.07) is 1.54. The normalized spacial score (nSPS) is 24.6. The van der Waals surface area contributed by atoms with Crippen LogP contribution in [0.5, 0.6) is 0 Å². The quantitative estimate of drug-likeness (QED) is 0.769. The summed E-state index contributed by atoms with van der Waals surface area (Å²) < 4.78 is 1.78. The Morgan fingerprint density at radius 2 is 1.91 bits per heavy atom. The first-order valence-corrected chi connectivity index (χ1v) is 8.11. The van der Waals surface area contributed by atoms with Gasteiger partial charge in [0.15, 0.2) is 5.43 Å². The van der Waals surface area contributed by atoms with Crippen LogP contribution in [0.15, 0.2) is 17.1 Å². The molecule has 2 aliphatic rings. The predicted octanol–water partition coefficient (Wildman–Crippen LogP) is 0.777. The molecule has 0 saturated carbocycles. The largest absolute Gasteiger partial charge is 0.354 e. The molecule has 1 aromatic rings. The molecule has 2 amide bonds. The highest BCUT2D eigenvalue weighted by Gasteiger charge is 2.38. The summed E-state index contributed by atoms with van der Waals surface area (Å²) >= 11 is 0. The van der Waals surface area contributed by atoms with Crippen molar-refractivity contribution in [2.24, 2.45) is 13.0 Å². The Bertz CT molecular complexity index is 710. The zero-order valence-corrected chi connectivity index (χ0v) is 13.9. The van der Waals surface area contributed by atoms with Gasteiger partial charge in [0.1, 0.15) is 5.56 Å². The van der Waals surface area contributed by atoms with E-state index in [1.807, 2.05) is 21.0 Å². The van der Waals surface area contributed by atoms with Gasteiger partial charge in [-0.25, -0.2) is 0 Å². The second kappa shape index (κ2) is 5.83. The Labute approximate surface area is 135 Å². The van der Waals surface area contributed by atoms with E-state index in [0.717, 1.165) is 25.0 Å². The molecule has 0 unspecified atom stereocenters. The van der Waals surface area contributed by atoms with Gasteiger partial charge in [-0.05, 0) is 19.8 Å². The van der Waals surface area contributed by atoms with Gasteiger partial charge in [-0.3, -0.25) is 14.4 Å². The molecule has 6 nitrogen and oxygen atoms in total. The molecule has 0 N–H and O–H groups in total. The summed E-state index contributed by atoms with van der Waals surface area (Å²) in [5.41, 5.74) is 0.752. The number of aryl methyl sites for hydroxylation is 2. The minimum Gasteiger partial charge on any atom is -0.354 e. The van der Waals surface area contributed by atoms with Crippen molar-refractivity contribution in [1.82, 2.24) is 14.4 Å². The number of likely N-dealkylation sites (tertiary alicyclic amines) is 1. The minimum atomic E-state index is -0.259. The van der Waals surface area contributed by atoms with Crippen molar-refractivity contribution in [2.45, 2.75) is 32.2 Å². The van der Waals surface area contributed by atoms with Crippen molar-refractivity contribution in [3.63, 3.8) is 0 Å². The SMILES string of the molecule is Cc1cc(=O)c(C(=O)N2C[C@H]3CCC[C@@H](C2)N(C)C3=O)cn1C. The fraction of sp³-hybridized carbons (Fsp3) is 0.588. The predicted molar refractivity (Wildman–Crippen MR) is 86.2 cm³/mol. The van der Waals surface area contributed by atoms with Crippen LogP contribution in [0.25, 0.3) is 0 Å². The minimum absolute atomic E-state index is 0.0493. The van der Waals surface area contributed by atoms with Crippen LogP contribution in [0.3, 0.4) is 0 Å². The van der Waals surface area contributed by atoms with Crippen LogP contribution in [-0.4, -0.2) is 52.4 Å². The number of amides is 2. The van der Waals surface area contributed by atoms with Crippen LogP contribution in [0.2, 0.25) is 0 Å². The Balaban J connectivity index is 1.93. The maximum atomic E-state index is 12.9. The van der Waals surface area contributed by atoms with E-state index in [4.69, 9.17) is 0 Å². The van der Waals surface area contributed by atoms with Crippen LogP contribution in [0.1, 0.15) is 35.3 Å². The first kappa shape index (κ1) is 15.8. The average molecular weight is 317 g/mol. The Hall–Kier alpha value is -2.11. The maximum Gasteiger partial charge on any atom is 0.259 e. The number of nitrogens with zero attached hydrogens (tertiary/aromatic N) is 3. The molecule has 0 spiro atoms. The molecule has 0 aromatic carbocycles. The monoisotopic (exact) mass is 317 g/mol. The molecular formula is C17H23N3O3. The summed E-state index contributed by atoms with van der Waals surface area (Å²) in [7, 11) is 3.64. The molecule has 124 valence electrons. The van der Waals surface area contributed by atoms with Crippen molar-refractivity contribution >= 4 is 11.8 Å². The van der Waals surface area contributed by atoms with Gasteiger partial charge in [0, 0.05) is 51.2 Å². The Kier molecular flexibility index (Phi) is 4.00. The molecule has 0 radical (unpaired) electrons. The summed E-state index contributed by atoms with van der Waals surface area (Å²) in [6.45, 7) is 2.75. The number of carbonyl (C=O) groups is 2. The number of hydrogen-bond acceptors (Lipinski definition) is 3. The van der Waals surface area contributed by atoms with Crippen molar-refractivity contribution in [1.29, 1.82) is 0 Å².